The molecule has 0 aromatic carbocycles. The summed E-state index contributed by atoms with van der Waals surface area (Å²) in [6, 6.07) is 0. The summed E-state index contributed by atoms with van der Waals surface area (Å²) in [7, 11) is 0. The highest BCUT2D eigenvalue weighted by Gasteiger charge is 2.21. The van der Waals surface area contributed by atoms with Crippen molar-refractivity contribution in [2.45, 2.75) is 33.2 Å². The van der Waals surface area contributed by atoms with Crippen LogP contribution in [-0.4, -0.2) is 31.3 Å². The van der Waals surface area contributed by atoms with Crippen molar-refractivity contribution in [1.82, 2.24) is 20.2 Å². The van der Waals surface area contributed by atoms with Gasteiger partial charge in [-0.05, 0) is 23.3 Å². The van der Waals surface area contributed by atoms with Gasteiger partial charge in [0, 0.05) is 6.54 Å². The van der Waals surface area contributed by atoms with E-state index in [1.165, 1.54) is 0 Å². The van der Waals surface area contributed by atoms with Crippen LogP contribution < -0.4 is 0 Å². The van der Waals surface area contributed by atoms with Gasteiger partial charge in [-0.3, -0.25) is 4.79 Å². The van der Waals surface area contributed by atoms with E-state index in [1.54, 1.807) is 11.6 Å². The third-order valence-electron chi connectivity index (χ3n) is 1.86. The van der Waals surface area contributed by atoms with Crippen molar-refractivity contribution < 1.29 is 9.90 Å². The molecule has 1 aromatic rings. The molecule has 0 saturated carbocycles. The first-order valence-corrected chi connectivity index (χ1v) is 4.51. The second-order valence-corrected chi connectivity index (χ2v) is 3.67. The number of hydrogen-bond acceptors (Lipinski definition) is 4. The van der Waals surface area contributed by atoms with Crippen LogP contribution in [0.1, 0.15) is 32.5 Å². The van der Waals surface area contributed by atoms with Crippen LogP contribution in [-0.2, 0) is 11.3 Å². The monoisotopic (exact) mass is 198 g/mol. The Morgan fingerprint density at radius 2 is 2.14 bits per heavy atom. The van der Waals surface area contributed by atoms with Crippen molar-refractivity contribution in [3.8, 4) is 0 Å². The number of aliphatic carboxylic acids is 1. The van der Waals surface area contributed by atoms with E-state index in [0.717, 1.165) is 0 Å². The maximum Gasteiger partial charge on any atom is 0.314 e. The smallest absolute Gasteiger partial charge is 0.314 e. The number of rotatable bonds is 4. The van der Waals surface area contributed by atoms with Crippen LogP contribution in [0.15, 0.2) is 0 Å². The first-order valence-electron chi connectivity index (χ1n) is 4.51. The number of aromatic nitrogens is 4. The summed E-state index contributed by atoms with van der Waals surface area (Å²) in [6.45, 7) is 6.26. The highest BCUT2D eigenvalue weighted by Crippen LogP contribution is 2.12. The van der Waals surface area contributed by atoms with E-state index in [2.05, 4.69) is 15.5 Å². The molecule has 0 aliphatic carbocycles. The lowest BCUT2D eigenvalue weighted by molar-refractivity contribution is -0.138. The molecule has 0 amide bonds. The minimum atomic E-state index is -0.912. The molecule has 78 valence electrons. The molecule has 0 fully saturated rings. The second kappa shape index (κ2) is 4.17. The average molecular weight is 198 g/mol. The largest absolute Gasteiger partial charge is 0.481 e. The summed E-state index contributed by atoms with van der Waals surface area (Å²) in [5.41, 5.74) is 0. The van der Waals surface area contributed by atoms with Gasteiger partial charge in [-0.25, -0.2) is 4.68 Å². The molecule has 1 atom stereocenters. The van der Waals surface area contributed by atoms with E-state index in [4.69, 9.17) is 5.11 Å². The van der Waals surface area contributed by atoms with Crippen molar-refractivity contribution in [3.05, 3.63) is 5.82 Å². The molecule has 0 aliphatic heterocycles. The molecule has 0 bridgehead atoms. The van der Waals surface area contributed by atoms with E-state index in [0.29, 0.717) is 18.3 Å². The minimum absolute atomic E-state index is 0.387. The van der Waals surface area contributed by atoms with Crippen LogP contribution in [0.4, 0.5) is 0 Å². The first-order chi connectivity index (χ1) is 6.52. The zero-order valence-corrected chi connectivity index (χ0v) is 8.51. The van der Waals surface area contributed by atoms with E-state index >= 15 is 0 Å². The number of nitrogens with zero attached hydrogens (tertiary/aromatic N) is 4. The van der Waals surface area contributed by atoms with Crippen molar-refractivity contribution in [2.24, 2.45) is 5.92 Å². The van der Waals surface area contributed by atoms with Crippen molar-refractivity contribution >= 4 is 5.97 Å². The molecule has 1 heterocycles. The van der Waals surface area contributed by atoms with Crippen LogP contribution in [0.25, 0.3) is 0 Å². The van der Waals surface area contributed by atoms with Gasteiger partial charge < -0.3 is 5.11 Å². The van der Waals surface area contributed by atoms with Gasteiger partial charge in [0.1, 0.15) is 5.92 Å². The third kappa shape index (κ3) is 2.27. The van der Waals surface area contributed by atoms with Crippen LogP contribution in [0.5, 0.6) is 0 Å². The molecule has 1 aromatic heterocycles. The molecule has 0 spiro atoms. The second-order valence-electron chi connectivity index (χ2n) is 3.67. The van der Waals surface area contributed by atoms with Crippen molar-refractivity contribution in [2.75, 3.05) is 0 Å². The van der Waals surface area contributed by atoms with E-state index in [-0.39, 0.29) is 0 Å². The van der Waals surface area contributed by atoms with Crippen LogP contribution in [0.3, 0.4) is 0 Å². The Labute approximate surface area is 81.9 Å². The van der Waals surface area contributed by atoms with E-state index in [1.807, 2.05) is 13.8 Å². The van der Waals surface area contributed by atoms with Gasteiger partial charge in [-0.15, -0.1) is 5.10 Å². The number of tetrazole rings is 1. The molecule has 0 saturated heterocycles. The standard InChI is InChI=1S/C8H14N4O2/c1-5(2)4-12-7(9-10-11-12)6(3)8(13)14/h5-6H,4H2,1-3H3,(H,13,14). The summed E-state index contributed by atoms with van der Waals surface area (Å²) in [5, 5.41) is 19.7. The molecule has 14 heavy (non-hydrogen) atoms. The first kappa shape index (κ1) is 10.6. The Morgan fingerprint density at radius 1 is 1.50 bits per heavy atom. The highest BCUT2D eigenvalue weighted by atomic mass is 16.4. The molecule has 0 radical (unpaired) electrons. The minimum Gasteiger partial charge on any atom is -0.481 e. The fourth-order valence-corrected chi connectivity index (χ4v) is 1.11. The lowest BCUT2D eigenvalue weighted by Gasteiger charge is -2.08. The zero-order valence-electron chi connectivity index (χ0n) is 8.51. The van der Waals surface area contributed by atoms with Crippen LogP contribution >= 0.6 is 0 Å². The quantitative estimate of drug-likeness (QED) is 0.762. The number of carboxylic acid groups (broad SMARTS) is 1. The molecule has 6 nitrogen and oxygen atoms in total. The van der Waals surface area contributed by atoms with Crippen LogP contribution in [0.2, 0.25) is 0 Å². The summed E-state index contributed by atoms with van der Waals surface area (Å²) in [6.07, 6.45) is 0. The van der Waals surface area contributed by atoms with Gasteiger partial charge in [0.2, 0.25) is 0 Å². The predicted molar refractivity (Wildman–Crippen MR) is 48.7 cm³/mol. The zero-order chi connectivity index (χ0) is 10.7. The summed E-state index contributed by atoms with van der Waals surface area (Å²) in [5.74, 6) is -0.780. The summed E-state index contributed by atoms with van der Waals surface area (Å²) < 4.78 is 1.55. The molecule has 0 aliphatic rings. The SMILES string of the molecule is CC(C)Cn1nnnc1C(C)C(=O)O. The highest BCUT2D eigenvalue weighted by molar-refractivity contribution is 5.74. The maximum absolute atomic E-state index is 10.7. The Kier molecular flexibility index (Phi) is 3.16. The number of carbonyl (C=O) groups is 1. The molecular weight excluding hydrogens is 184 g/mol. The summed E-state index contributed by atoms with van der Waals surface area (Å²) >= 11 is 0. The fraction of sp³-hybridized carbons (Fsp3) is 0.750. The van der Waals surface area contributed by atoms with Gasteiger partial charge in [0.25, 0.3) is 0 Å². The molecule has 1 N–H and O–H groups in total. The summed E-state index contributed by atoms with van der Waals surface area (Å²) in [4.78, 5) is 10.7. The maximum atomic E-state index is 10.7. The van der Waals surface area contributed by atoms with Crippen molar-refractivity contribution in [3.63, 3.8) is 0 Å². The Bertz CT molecular complexity index is 321. The molecular formula is C8H14N4O2. The normalized spacial score (nSPS) is 13.1. The molecule has 1 unspecified atom stereocenters. The predicted octanol–water partition coefficient (Wildman–Crippen LogP) is 0.517. The number of hydrogen-bond donors (Lipinski definition) is 1. The Morgan fingerprint density at radius 3 is 2.64 bits per heavy atom. The lowest BCUT2D eigenvalue weighted by atomic mass is 10.1. The topological polar surface area (TPSA) is 80.9 Å². The molecule has 1 rings (SSSR count). The van der Waals surface area contributed by atoms with Gasteiger partial charge in [-0.1, -0.05) is 13.8 Å². The third-order valence-corrected chi connectivity index (χ3v) is 1.86. The van der Waals surface area contributed by atoms with E-state index < -0.39 is 11.9 Å². The fourth-order valence-electron chi connectivity index (χ4n) is 1.11. The van der Waals surface area contributed by atoms with Gasteiger partial charge in [0.05, 0.1) is 0 Å². The van der Waals surface area contributed by atoms with Crippen molar-refractivity contribution in [1.29, 1.82) is 0 Å². The van der Waals surface area contributed by atoms with E-state index in [9.17, 15) is 4.79 Å². The van der Waals surface area contributed by atoms with Gasteiger partial charge >= 0.3 is 5.97 Å². The lowest BCUT2D eigenvalue weighted by Crippen LogP contribution is -2.17. The Balaban J connectivity index is 2.86. The number of carboxylic acids is 1. The average Bonchev–Trinajstić information content (AvgIpc) is 2.49. The molecule has 6 heteroatoms. The Hall–Kier alpha value is -1.46. The van der Waals surface area contributed by atoms with Crippen LogP contribution in [0, 0.1) is 5.92 Å². The van der Waals surface area contributed by atoms with Gasteiger partial charge in [0.15, 0.2) is 5.82 Å². The van der Waals surface area contributed by atoms with Gasteiger partial charge in [-0.2, -0.15) is 0 Å².